The highest BCUT2D eigenvalue weighted by Gasteiger charge is 2.22. The third-order valence-electron chi connectivity index (χ3n) is 2.86. The number of rotatable bonds is 5. The maximum atomic E-state index is 14.1. The molecule has 2 aromatic rings. The van der Waals surface area contributed by atoms with Crippen LogP contribution in [-0.2, 0) is 0 Å². The lowest BCUT2D eigenvalue weighted by atomic mass is 10.0. The number of halogens is 4. The first kappa shape index (κ1) is 15.7. The second kappa shape index (κ2) is 6.85. The van der Waals surface area contributed by atoms with Crippen molar-refractivity contribution in [3.05, 3.63) is 55.7 Å². The second-order valence-electron chi connectivity index (χ2n) is 4.31. The Labute approximate surface area is 130 Å². The van der Waals surface area contributed by atoms with Crippen LogP contribution in [-0.4, -0.2) is 6.54 Å². The van der Waals surface area contributed by atoms with Crippen LogP contribution in [0.15, 0.2) is 23.6 Å². The molecule has 1 aromatic carbocycles. The molecule has 1 N–H and O–H groups in total. The Balaban J connectivity index is 2.46. The summed E-state index contributed by atoms with van der Waals surface area (Å²) < 4.78 is 27.7. The average Bonchev–Trinajstić information content (AvgIpc) is 2.82. The molecule has 1 atom stereocenters. The lowest BCUT2D eigenvalue weighted by Gasteiger charge is -2.19. The topological polar surface area (TPSA) is 12.0 Å². The molecule has 0 saturated heterocycles. The van der Waals surface area contributed by atoms with E-state index in [2.05, 4.69) is 5.32 Å². The molecule has 1 nitrogen and oxygen atoms in total. The lowest BCUT2D eigenvalue weighted by Crippen LogP contribution is -2.23. The maximum Gasteiger partial charge on any atom is 0.142 e. The van der Waals surface area contributed by atoms with Gasteiger partial charge in [-0.2, -0.15) is 0 Å². The number of nitrogens with one attached hydrogen (secondary N) is 1. The molecule has 0 saturated carbocycles. The Morgan fingerprint density at radius 3 is 2.55 bits per heavy atom. The molecule has 0 fully saturated rings. The van der Waals surface area contributed by atoms with Gasteiger partial charge in [0.05, 0.1) is 16.1 Å². The molecule has 1 heterocycles. The minimum absolute atomic E-state index is 0.213. The van der Waals surface area contributed by atoms with Crippen molar-refractivity contribution in [2.75, 3.05) is 6.54 Å². The second-order valence-corrected chi connectivity index (χ2v) is 6.07. The summed E-state index contributed by atoms with van der Waals surface area (Å²) in [6.07, 6.45) is 0.872. The first-order chi connectivity index (χ1) is 9.54. The molecule has 108 valence electrons. The number of hydrogen-bond acceptors (Lipinski definition) is 2. The van der Waals surface area contributed by atoms with Crippen molar-refractivity contribution in [1.29, 1.82) is 0 Å². The van der Waals surface area contributed by atoms with Crippen molar-refractivity contribution in [1.82, 2.24) is 5.32 Å². The molecule has 0 bridgehead atoms. The van der Waals surface area contributed by atoms with E-state index in [1.165, 1.54) is 11.3 Å². The minimum Gasteiger partial charge on any atom is -0.305 e. The van der Waals surface area contributed by atoms with Gasteiger partial charge in [-0.1, -0.05) is 30.1 Å². The minimum atomic E-state index is -0.640. The Morgan fingerprint density at radius 1 is 1.20 bits per heavy atom. The summed E-state index contributed by atoms with van der Waals surface area (Å²) in [5.41, 5.74) is 0.213. The molecule has 1 aromatic heterocycles. The van der Waals surface area contributed by atoms with E-state index >= 15 is 0 Å². The number of benzene rings is 1. The Hall–Kier alpha value is -0.680. The summed E-state index contributed by atoms with van der Waals surface area (Å²) in [5, 5.41) is 5.33. The van der Waals surface area contributed by atoms with Gasteiger partial charge in [0.2, 0.25) is 0 Å². The van der Waals surface area contributed by atoms with E-state index in [-0.39, 0.29) is 10.6 Å². The zero-order valence-corrected chi connectivity index (χ0v) is 13.0. The maximum absolute atomic E-state index is 14.1. The monoisotopic (exact) mass is 335 g/mol. The Morgan fingerprint density at radius 2 is 1.95 bits per heavy atom. The SMILES string of the molecule is CCCNC(c1cc(F)c(Cl)cc1F)c1sccc1Cl. The van der Waals surface area contributed by atoms with E-state index in [1.807, 2.05) is 12.3 Å². The summed E-state index contributed by atoms with van der Waals surface area (Å²) >= 11 is 13.1. The fourth-order valence-corrected chi connectivity index (χ4v) is 3.31. The van der Waals surface area contributed by atoms with Crippen LogP contribution >= 0.6 is 34.5 Å². The Kier molecular flexibility index (Phi) is 5.38. The highest BCUT2D eigenvalue weighted by Crippen LogP contribution is 2.35. The quantitative estimate of drug-likeness (QED) is 0.719. The van der Waals surface area contributed by atoms with Gasteiger partial charge >= 0.3 is 0 Å². The van der Waals surface area contributed by atoms with Crippen molar-refractivity contribution < 1.29 is 8.78 Å². The first-order valence-electron chi connectivity index (χ1n) is 6.15. The third kappa shape index (κ3) is 3.31. The summed E-state index contributed by atoms with van der Waals surface area (Å²) in [6.45, 7) is 2.67. The highest BCUT2D eigenvalue weighted by molar-refractivity contribution is 7.10. The van der Waals surface area contributed by atoms with E-state index in [1.54, 1.807) is 6.07 Å². The van der Waals surface area contributed by atoms with E-state index in [0.717, 1.165) is 23.4 Å². The van der Waals surface area contributed by atoms with Gasteiger partial charge in [0.1, 0.15) is 11.6 Å². The van der Waals surface area contributed by atoms with Crippen LogP contribution in [0, 0.1) is 11.6 Å². The molecule has 0 amide bonds. The van der Waals surface area contributed by atoms with Crippen LogP contribution in [0.5, 0.6) is 0 Å². The molecule has 0 spiro atoms. The molecular weight excluding hydrogens is 323 g/mol. The summed E-state index contributed by atoms with van der Waals surface area (Å²) in [5.74, 6) is -1.19. The van der Waals surface area contributed by atoms with Crippen LogP contribution < -0.4 is 5.32 Å². The highest BCUT2D eigenvalue weighted by atomic mass is 35.5. The third-order valence-corrected chi connectivity index (χ3v) is 4.57. The van der Waals surface area contributed by atoms with Gasteiger partial charge in [0.25, 0.3) is 0 Å². The summed E-state index contributed by atoms with van der Waals surface area (Å²) in [7, 11) is 0. The van der Waals surface area contributed by atoms with Crippen molar-refractivity contribution >= 4 is 34.5 Å². The van der Waals surface area contributed by atoms with Crippen molar-refractivity contribution in [3.63, 3.8) is 0 Å². The van der Waals surface area contributed by atoms with E-state index in [4.69, 9.17) is 23.2 Å². The molecule has 20 heavy (non-hydrogen) atoms. The zero-order valence-electron chi connectivity index (χ0n) is 10.7. The summed E-state index contributed by atoms with van der Waals surface area (Å²) in [4.78, 5) is 0.765. The van der Waals surface area contributed by atoms with Crippen molar-refractivity contribution in [3.8, 4) is 0 Å². The molecule has 2 rings (SSSR count). The Bertz CT molecular complexity index is 601. The largest absolute Gasteiger partial charge is 0.305 e. The van der Waals surface area contributed by atoms with Gasteiger partial charge in [0, 0.05) is 10.4 Å². The molecule has 6 heteroatoms. The number of hydrogen-bond donors (Lipinski definition) is 1. The average molecular weight is 336 g/mol. The standard InChI is InChI=1S/C14H13Cl2F2NS/c1-2-4-19-13(14-9(15)3-5-20-14)8-6-12(18)10(16)7-11(8)17/h3,5-7,13,19H,2,4H2,1H3. The van der Waals surface area contributed by atoms with Gasteiger partial charge in [-0.05, 0) is 36.5 Å². The molecule has 0 aliphatic rings. The van der Waals surface area contributed by atoms with Crippen LogP contribution in [0.25, 0.3) is 0 Å². The van der Waals surface area contributed by atoms with Crippen molar-refractivity contribution in [2.24, 2.45) is 0 Å². The molecule has 0 radical (unpaired) electrons. The van der Waals surface area contributed by atoms with Crippen LogP contribution in [0.1, 0.15) is 29.8 Å². The molecule has 0 aliphatic carbocycles. The predicted molar refractivity (Wildman–Crippen MR) is 80.8 cm³/mol. The van der Waals surface area contributed by atoms with Gasteiger partial charge in [-0.15, -0.1) is 11.3 Å². The smallest absolute Gasteiger partial charge is 0.142 e. The van der Waals surface area contributed by atoms with Gasteiger partial charge in [-0.25, -0.2) is 8.78 Å². The van der Waals surface area contributed by atoms with Gasteiger partial charge in [-0.3, -0.25) is 0 Å². The lowest BCUT2D eigenvalue weighted by molar-refractivity contribution is 0.539. The van der Waals surface area contributed by atoms with E-state index in [9.17, 15) is 8.78 Å². The van der Waals surface area contributed by atoms with Gasteiger partial charge in [0.15, 0.2) is 0 Å². The summed E-state index contributed by atoms with van der Waals surface area (Å²) in [6, 6.07) is 3.39. The van der Waals surface area contributed by atoms with Gasteiger partial charge < -0.3 is 5.32 Å². The van der Waals surface area contributed by atoms with Crippen LogP contribution in [0.3, 0.4) is 0 Å². The fourth-order valence-electron chi connectivity index (χ4n) is 1.90. The predicted octanol–water partition coefficient (Wildman–Crippen LogP) is 5.42. The normalized spacial score (nSPS) is 12.7. The fraction of sp³-hybridized carbons (Fsp3) is 0.286. The van der Waals surface area contributed by atoms with Crippen LogP contribution in [0.2, 0.25) is 10.0 Å². The molecular formula is C14H13Cl2F2NS. The molecule has 1 unspecified atom stereocenters. The molecule has 0 aliphatic heterocycles. The van der Waals surface area contributed by atoms with Crippen LogP contribution in [0.4, 0.5) is 8.78 Å². The van der Waals surface area contributed by atoms with E-state index in [0.29, 0.717) is 11.6 Å². The van der Waals surface area contributed by atoms with E-state index < -0.39 is 17.7 Å². The van der Waals surface area contributed by atoms with Crippen molar-refractivity contribution in [2.45, 2.75) is 19.4 Å². The zero-order chi connectivity index (χ0) is 14.7. The number of thiophene rings is 1. The first-order valence-corrected chi connectivity index (χ1v) is 7.78.